The van der Waals surface area contributed by atoms with E-state index in [2.05, 4.69) is 0 Å². The van der Waals surface area contributed by atoms with Crippen LogP contribution in [0.1, 0.15) is 18.9 Å². The number of carbonyl (C=O) groups is 1. The summed E-state index contributed by atoms with van der Waals surface area (Å²) in [6.45, 7) is 3.44. The Bertz CT molecular complexity index is 457. The number of rotatable bonds is 3. The monoisotopic (exact) mass is 314 g/mol. The number of aliphatic hydroxyl groups is 1. The van der Waals surface area contributed by atoms with Crippen LogP contribution in [-0.2, 0) is 11.3 Å². The molecule has 0 spiro atoms. The number of ether oxygens (including phenoxy) is 1. The molecule has 118 valence electrons. The first-order valence-corrected chi connectivity index (χ1v) is 6.89. The molecule has 1 aliphatic rings. The smallest absolute Gasteiger partial charge is 0.410 e. The number of piperidine rings is 1. The van der Waals surface area contributed by atoms with E-state index in [4.69, 9.17) is 10.5 Å². The van der Waals surface area contributed by atoms with E-state index in [1.165, 1.54) is 0 Å². The third-order valence-electron chi connectivity index (χ3n) is 3.96. The molecule has 1 fully saturated rings. The SMILES string of the molecule is CC1(CN)CN(C(=O)OCc2ccccc2)CCC1O.Cl. The largest absolute Gasteiger partial charge is 0.445 e. The number of hydrogen-bond acceptors (Lipinski definition) is 4. The molecule has 1 amide bonds. The first-order valence-electron chi connectivity index (χ1n) is 6.89. The summed E-state index contributed by atoms with van der Waals surface area (Å²) in [5.41, 5.74) is 6.22. The molecule has 3 N–H and O–H groups in total. The van der Waals surface area contributed by atoms with Gasteiger partial charge in [-0.15, -0.1) is 12.4 Å². The van der Waals surface area contributed by atoms with Crippen molar-refractivity contribution in [3.05, 3.63) is 35.9 Å². The Morgan fingerprint density at radius 3 is 2.76 bits per heavy atom. The van der Waals surface area contributed by atoms with Crippen LogP contribution in [0.15, 0.2) is 30.3 Å². The van der Waals surface area contributed by atoms with Gasteiger partial charge in [0.15, 0.2) is 0 Å². The lowest BCUT2D eigenvalue weighted by Crippen LogP contribution is -2.55. The van der Waals surface area contributed by atoms with Crippen molar-refractivity contribution >= 4 is 18.5 Å². The molecule has 1 aliphatic heterocycles. The lowest BCUT2D eigenvalue weighted by atomic mass is 9.79. The van der Waals surface area contributed by atoms with Crippen LogP contribution in [0.25, 0.3) is 0 Å². The minimum Gasteiger partial charge on any atom is -0.445 e. The molecule has 0 radical (unpaired) electrons. The second-order valence-corrected chi connectivity index (χ2v) is 5.62. The van der Waals surface area contributed by atoms with Crippen molar-refractivity contribution in [1.82, 2.24) is 4.90 Å². The highest BCUT2D eigenvalue weighted by atomic mass is 35.5. The van der Waals surface area contributed by atoms with Gasteiger partial charge < -0.3 is 20.5 Å². The molecular formula is C15H23ClN2O3. The molecular weight excluding hydrogens is 292 g/mol. The van der Waals surface area contributed by atoms with E-state index in [9.17, 15) is 9.90 Å². The Morgan fingerprint density at radius 2 is 2.14 bits per heavy atom. The zero-order valence-electron chi connectivity index (χ0n) is 12.2. The Morgan fingerprint density at radius 1 is 1.48 bits per heavy atom. The van der Waals surface area contributed by atoms with Crippen LogP contribution in [0.5, 0.6) is 0 Å². The van der Waals surface area contributed by atoms with Gasteiger partial charge in [0.05, 0.1) is 6.10 Å². The highest BCUT2D eigenvalue weighted by Crippen LogP contribution is 2.29. The predicted molar refractivity (Wildman–Crippen MR) is 83.2 cm³/mol. The maximum atomic E-state index is 12.1. The predicted octanol–water partition coefficient (Wildman–Crippen LogP) is 1.78. The zero-order chi connectivity index (χ0) is 14.6. The number of aliphatic hydroxyl groups excluding tert-OH is 1. The van der Waals surface area contributed by atoms with Crippen molar-refractivity contribution in [3.63, 3.8) is 0 Å². The van der Waals surface area contributed by atoms with Gasteiger partial charge in [-0.3, -0.25) is 0 Å². The van der Waals surface area contributed by atoms with Crippen LogP contribution < -0.4 is 5.73 Å². The molecule has 0 aliphatic carbocycles. The fourth-order valence-electron chi connectivity index (χ4n) is 2.41. The quantitative estimate of drug-likeness (QED) is 0.891. The molecule has 1 aromatic rings. The van der Waals surface area contributed by atoms with Gasteiger partial charge in [0.1, 0.15) is 6.61 Å². The molecule has 0 bridgehead atoms. The number of hydrogen-bond donors (Lipinski definition) is 2. The van der Waals surface area contributed by atoms with E-state index >= 15 is 0 Å². The van der Waals surface area contributed by atoms with Crippen molar-refractivity contribution in [3.8, 4) is 0 Å². The summed E-state index contributed by atoms with van der Waals surface area (Å²) in [5, 5.41) is 9.98. The number of nitrogens with zero attached hydrogens (tertiary/aromatic N) is 1. The van der Waals surface area contributed by atoms with Crippen LogP contribution in [-0.4, -0.2) is 41.8 Å². The van der Waals surface area contributed by atoms with Gasteiger partial charge in [-0.1, -0.05) is 37.3 Å². The minimum absolute atomic E-state index is 0. The van der Waals surface area contributed by atoms with E-state index in [0.29, 0.717) is 26.1 Å². The Kier molecular flexibility index (Phi) is 6.45. The average Bonchev–Trinajstić information content (AvgIpc) is 2.48. The maximum absolute atomic E-state index is 12.1. The van der Waals surface area contributed by atoms with Crippen molar-refractivity contribution in [1.29, 1.82) is 0 Å². The highest BCUT2D eigenvalue weighted by molar-refractivity contribution is 5.85. The van der Waals surface area contributed by atoms with E-state index in [-0.39, 0.29) is 25.1 Å². The number of amides is 1. The number of halogens is 1. The maximum Gasteiger partial charge on any atom is 0.410 e. The number of nitrogens with two attached hydrogens (primary N) is 1. The number of carbonyl (C=O) groups excluding carboxylic acids is 1. The van der Waals surface area contributed by atoms with Crippen molar-refractivity contribution in [2.45, 2.75) is 26.1 Å². The summed E-state index contributed by atoms with van der Waals surface area (Å²) >= 11 is 0. The third kappa shape index (κ3) is 4.33. The normalized spacial score (nSPS) is 25.1. The summed E-state index contributed by atoms with van der Waals surface area (Å²) in [4.78, 5) is 13.7. The molecule has 1 heterocycles. The van der Waals surface area contributed by atoms with Crippen LogP contribution in [0.3, 0.4) is 0 Å². The molecule has 0 aromatic heterocycles. The lowest BCUT2D eigenvalue weighted by Gasteiger charge is -2.42. The van der Waals surface area contributed by atoms with E-state index in [1.54, 1.807) is 4.90 Å². The summed E-state index contributed by atoms with van der Waals surface area (Å²) in [5.74, 6) is 0. The first kappa shape index (κ1) is 17.8. The minimum atomic E-state index is -0.467. The lowest BCUT2D eigenvalue weighted by molar-refractivity contribution is -0.0293. The fourth-order valence-corrected chi connectivity index (χ4v) is 2.41. The fraction of sp³-hybridized carbons (Fsp3) is 0.533. The van der Waals surface area contributed by atoms with Crippen LogP contribution in [0, 0.1) is 5.41 Å². The van der Waals surface area contributed by atoms with E-state index in [0.717, 1.165) is 5.56 Å². The zero-order valence-corrected chi connectivity index (χ0v) is 13.0. The summed E-state index contributed by atoms with van der Waals surface area (Å²) in [6.07, 6.45) is -0.278. The molecule has 0 saturated carbocycles. The second kappa shape index (κ2) is 7.64. The molecule has 2 rings (SSSR count). The second-order valence-electron chi connectivity index (χ2n) is 5.62. The molecule has 21 heavy (non-hydrogen) atoms. The van der Waals surface area contributed by atoms with Gasteiger partial charge in [0.25, 0.3) is 0 Å². The molecule has 5 nitrogen and oxygen atoms in total. The Labute approximate surface area is 131 Å². The van der Waals surface area contributed by atoms with Crippen molar-refractivity contribution in [2.75, 3.05) is 19.6 Å². The van der Waals surface area contributed by atoms with E-state index < -0.39 is 11.5 Å². The summed E-state index contributed by atoms with van der Waals surface area (Å²) in [6, 6.07) is 9.57. The number of likely N-dealkylation sites (tertiary alicyclic amines) is 1. The molecule has 2 unspecified atom stereocenters. The van der Waals surface area contributed by atoms with Crippen molar-refractivity contribution < 1.29 is 14.6 Å². The van der Waals surface area contributed by atoms with Gasteiger partial charge in [-0.2, -0.15) is 0 Å². The number of benzene rings is 1. The highest BCUT2D eigenvalue weighted by Gasteiger charge is 2.39. The molecule has 6 heteroatoms. The topological polar surface area (TPSA) is 75.8 Å². The van der Waals surface area contributed by atoms with Gasteiger partial charge in [0, 0.05) is 25.0 Å². The van der Waals surface area contributed by atoms with Crippen LogP contribution in [0.2, 0.25) is 0 Å². The molecule has 1 saturated heterocycles. The Balaban J connectivity index is 0.00000220. The molecule has 1 aromatic carbocycles. The van der Waals surface area contributed by atoms with Gasteiger partial charge >= 0.3 is 6.09 Å². The molecule has 2 atom stereocenters. The standard InChI is InChI=1S/C15H22N2O3.ClH/c1-15(10-16)11-17(8-7-13(15)18)14(19)20-9-12-5-3-2-4-6-12;/h2-6,13,18H,7-11,16H2,1H3;1H. The van der Waals surface area contributed by atoms with Gasteiger partial charge in [-0.05, 0) is 12.0 Å². The summed E-state index contributed by atoms with van der Waals surface area (Å²) < 4.78 is 5.31. The average molecular weight is 315 g/mol. The van der Waals surface area contributed by atoms with E-state index in [1.807, 2.05) is 37.3 Å². The first-order chi connectivity index (χ1) is 9.55. The van der Waals surface area contributed by atoms with Crippen molar-refractivity contribution in [2.24, 2.45) is 11.1 Å². The van der Waals surface area contributed by atoms with Crippen LogP contribution in [0.4, 0.5) is 4.79 Å². The van der Waals surface area contributed by atoms with Gasteiger partial charge in [0.2, 0.25) is 0 Å². The Hall–Kier alpha value is -1.30. The van der Waals surface area contributed by atoms with Gasteiger partial charge in [-0.25, -0.2) is 4.79 Å². The third-order valence-corrected chi connectivity index (χ3v) is 3.96. The van der Waals surface area contributed by atoms with Crippen LogP contribution >= 0.6 is 12.4 Å². The summed E-state index contributed by atoms with van der Waals surface area (Å²) in [7, 11) is 0.